The van der Waals surface area contributed by atoms with Gasteiger partial charge in [0.15, 0.2) is 0 Å². The molecule has 0 saturated heterocycles. The fourth-order valence-corrected chi connectivity index (χ4v) is 4.50. The molecule has 2 aromatic carbocycles. The number of benzene rings is 2. The Balaban J connectivity index is 2.04. The molecule has 2 heterocycles. The van der Waals surface area contributed by atoms with E-state index in [-0.39, 0.29) is 17.5 Å². The molecule has 4 rings (SSSR count). The Bertz CT molecular complexity index is 930. The molecule has 140 valence electrons. The lowest BCUT2D eigenvalue weighted by Gasteiger charge is -2.47. The topological polar surface area (TPSA) is 48.3 Å². The van der Waals surface area contributed by atoms with Crippen molar-refractivity contribution in [2.75, 3.05) is 4.90 Å². The number of fused-ring (bicyclic) bond motifs is 5. The first-order chi connectivity index (χ1) is 12.7. The summed E-state index contributed by atoms with van der Waals surface area (Å²) in [6.45, 7) is 10.8. The molecule has 27 heavy (non-hydrogen) atoms. The fraction of sp³-hybridized carbons (Fsp3) is 0.409. The maximum absolute atomic E-state index is 12.6. The molecule has 0 N–H and O–H groups in total. The van der Waals surface area contributed by atoms with Gasteiger partial charge >= 0.3 is 0 Å². The van der Waals surface area contributed by atoms with Crippen molar-refractivity contribution < 1.29 is 4.79 Å². The molecular formula is C22H26N4O. The van der Waals surface area contributed by atoms with Crippen LogP contribution in [0.5, 0.6) is 0 Å². The van der Waals surface area contributed by atoms with Gasteiger partial charge in [-0.1, -0.05) is 47.7 Å². The molecule has 2 aliphatic rings. The van der Waals surface area contributed by atoms with Crippen molar-refractivity contribution in [2.24, 2.45) is 10.3 Å². The first-order valence-electron chi connectivity index (χ1n) is 9.41. The van der Waals surface area contributed by atoms with Crippen LogP contribution >= 0.6 is 0 Å². The number of nitrogens with zero attached hydrogens (tertiary/aromatic N) is 4. The predicted octanol–water partition coefficient (Wildman–Crippen LogP) is 4.99. The van der Waals surface area contributed by atoms with Crippen LogP contribution in [-0.4, -0.2) is 16.5 Å². The van der Waals surface area contributed by atoms with E-state index >= 15 is 0 Å². The molecule has 1 amide bonds. The molecule has 2 aromatic rings. The van der Waals surface area contributed by atoms with Crippen molar-refractivity contribution in [1.82, 2.24) is 5.01 Å². The maximum Gasteiger partial charge on any atom is 0.224 e. The van der Waals surface area contributed by atoms with E-state index in [0.29, 0.717) is 6.54 Å². The van der Waals surface area contributed by atoms with Crippen molar-refractivity contribution in [2.45, 2.75) is 58.3 Å². The molecule has 0 saturated carbocycles. The minimum atomic E-state index is -0.487. The van der Waals surface area contributed by atoms with Gasteiger partial charge in [-0.05, 0) is 44.9 Å². The molecule has 0 radical (unpaired) electrons. The van der Waals surface area contributed by atoms with Gasteiger partial charge in [0.25, 0.3) is 0 Å². The highest BCUT2D eigenvalue weighted by atomic mass is 16.2. The first kappa shape index (κ1) is 17.7. The van der Waals surface area contributed by atoms with E-state index < -0.39 is 5.54 Å². The quantitative estimate of drug-likeness (QED) is 0.663. The lowest BCUT2D eigenvalue weighted by Crippen LogP contribution is -2.51. The van der Waals surface area contributed by atoms with Crippen LogP contribution in [0, 0.1) is 0 Å². The van der Waals surface area contributed by atoms with Crippen molar-refractivity contribution in [3.63, 3.8) is 0 Å². The lowest BCUT2D eigenvalue weighted by atomic mass is 9.76. The maximum atomic E-state index is 12.6. The van der Waals surface area contributed by atoms with Crippen LogP contribution in [-0.2, 0) is 16.9 Å². The van der Waals surface area contributed by atoms with Gasteiger partial charge in [-0.15, -0.1) is 0 Å². The number of carbonyl (C=O) groups excluding carboxylic acids is 1. The lowest BCUT2D eigenvalue weighted by molar-refractivity contribution is -0.116. The zero-order valence-electron chi connectivity index (χ0n) is 16.6. The van der Waals surface area contributed by atoms with E-state index in [1.807, 2.05) is 35.2 Å². The number of amides is 1. The summed E-state index contributed by atoms with van der Waals surface area (Å²) in [4.78, 5) is 14.4. The summed E-state index contributed by atoms with van der Waals surface area (Å²) in [5.74, 6) is 0.0356. The zero-order valence-corrected chi connectivity index (χ0v) is 16.6. The largest absolute Gasteiger partial charge is 0.308 e. The smallest absolute Gasteiger partial charge is 0.224 e. The summed E-state index contributed by atoms with van der Waals surface area (Å²) in [5.41, 5.74) is 3.58. The molecular weight excluding hydrogens is 336 g/mol. The van der Waals surface area contributed by atoms with Gasteiger partial charge in [-0.3, -0.25) is 9.80 Å². The Morgan fingerprint density at radius 3 is 2.48 bits per heavy atom. The SMILES string of the molecule is CC(=O)N1Cc2ccccc2C2N=NN(C(C)(C)C)C2(C)c2ccccc21. The van der Waals surface area contributed by atoms with Gasteiger partial charge in [0.05, 0.1) is 12.1 Å². The van der Waals surface area contributed by atoms with Gasteiger partial charge < -0.3 is 4.90 Å². The Hall–Kier alpha value is -2.69. The highest BCUT2D eigenvalue weighted by molar-refractivity contribution is 5.92. The average molecular weight is 362 g/mol. The highest BCUT2D eigenvalue weighted by Crippen LogP contribution is 2.54. The number of carbonyl (C=O) groups is 1. The number of rotatable bonds is 0. The van der Waals surface area contributed by atoms with Crippen LogP contribution in [0.25, 0.3) is 0 Å². The molecule has 0 fully saturated rings. The number of hydrogen-bond donors (Lipinski definition) is 0. The third kappa shape index (κ3) is 2.56. The van der Waals surface area contributed by atoms with E-state index in [9.17, 15) is 4.79 Å². The van der Waals surface area contributed by atoms with E-state index in [2.05, 4.69) is 56.1 Å². The number of para-hydroxylation sites is 1. The molecule has 2 atom stereocenters. The summed E-state index contributed by atoms with van der Waals surface area (Å²) < 4.78 is 0. The van der Waals surface area contributed by atoms with Gasteiger partial charge in [0.1, 0.15) is 11.6 Å². The number of anilines is 1. The van der Waals surface area contributed by atoms with Crippen LogP contribution in [0.2, 0.25) is 0 Å². The van der Waals surface area contributed by atoms with E-state index in [1.165, 1.54) is 0 Å². The minimum absolute atomic E-state index is 0.0356. The second kappa shape index (κ2) is 5.91. The molecule has 2 unspecified atom stereocenters. The second-order valence-electron chi connectivity index (χ2n) is 8.56. The third-order valence-corrected chi connectivity index (χ3v) is 5.66. The van der Waals surface area contributed by atoms with Crippen LogP contribution in [0.3, 0.4) is 0 Å². The fourth-order valence-electron chi connectivity index (χ4n) is 4.50. The molecule has 0 bridgehead atoms. The first-order valence-corrected chi connectivity index (χ1v) is 9.41. The van der Waals surface area contributed by atoms with E-state index in [1.54, 1.807) is 6.92 Å². The van der Waals surface area contributed by atoms with Gasteiger partial charge in [-0.2, -0.15) is 5.11 Å². The Kier molecular flexibility index (Phi) is 3.88. The Labute approximate surface area is 160 Å². The molecule has 2 aliphatic heterocycles. The minimum Gasteiger partial charge on any atom is -0.308 e. The molecule has 0 aliphatic carbocycles. The molecule has 0 spiro atoms. The standard InChI is InChI=1S/C22H26N4O/c1-15(27)25-14-16-10-6-7-11-17(16)20-22(5,18-12-8-9-13-19(18)25)26(24-23-20)21(2,3)4/h6-13,20H,14H2,1-5H3. The summed E-state index contributed by atoms with van der Waals surface area (Å²) in [6, 6.07) is 16.3. The zero-order chi connectivity index (χ0) is 19.4. The average Bonchev–Trinajstić information content (AvgIpc) is 2.97. The highest BCUT2D eigenvalue weighted by Gasteiger charge is 2.53. The Morgan fingerprint density at radius 1 is 1.11 bits per heavy atom. The van der Waals surface area contributed by atoms with Crippen LogP contribution in [0.15, 0.2) is 58.9 Å². The Morgan fingerprint density at radius 2 is 1.78 bits per heavy atom. The summed E-state index contributed by atoms with van der Waals surface area (Å²) in [5, 5.41) is 11.5. The van der Waals surface area contributed by atoms with Crippen LogP contribution < -0.4 is 4.90 Å². The second-order valence-corrected chi connectivity index (χ2v) is 8.56. The van der Waals surface area contributed by atoms with Gasteiger partial charge in [0.2, 0.25) is 5.91 Å². The molecule has 0 aromatic heterocycles. The summed E-state index contributed by atoms with van der Waals surface area (Å²) >= 11 is 0. The number of hydrogen-bond acceptors (Lipinski definition) is 4. The normalized spacial score (nSPS) is 24.0. The summed E-state index contributed by atoms with van der Waals surface area (Å²) in [7, 11) is 0. The van der Waals surface area contributed by atoms with Crippen molar-refractivity contribution in [1.29, 1.82) is 0 Å². The molecule has 5 heteroatoms. The third-order valence-electron chi connectivity index (χ3n) is 5.66. The van der Waals surface area contributed by atoms with Gasteiger partial charge in [-0.25, -0.2) is 0 Å². The monoisotopic (exact) mass is 362 g/mol. The molecule has 5 nitrogen and oxygen atoms in total. The van der Waals surface area contributed by atoms with Crippen molar-refractivity contribution >= 4 is 11.6 Å². The van der Waals surface area contributed by atoms with Crippen molar-refractivity contribution in [3.8, 4) is 0 Å². The van der Waals surface area contributed by atoms with Crippen LogP contribution in [0.1, 0.15) is 57.4 Å². The predicted molar refractivity (Wildman–Crippen MR) is 106 cm³/mol. The van der Waals surface area contributed by atoms with Gasteiger partial charge in [0, 0.05) is 18.2 Å². The summed E-state index contributed by atoms with van der Waals surface area (Å²) in [6.07, 6.45) is 0. The van der Waals surface area contributed by atoms with Crippen LogP contribution in [0.4, 0.5) is 5.69 Å². The van der Waals surface area contributed by atoms with Crippen molar-refractivity contribution in [3.05, 3.63) is 65.2 Å². The van der Waals surface area contributed by atoms with E-state index in [4.69, 9.17) is 5.11 Å². The van der Waals surface area contributed by atoms with E-state index in [0.717, 1.165) is 22.4 Å².